The first-order chi connectivity index (χ1) is 10.1. The molecule has 1 aromatic heterocycles. The molecular weight excluding hydrogens is 333 g/mol. The Labute approximate surface area is 130 Å². The van der Waals surface area contributed by atoms with Crippen molar-refractivity contribution in [1.29, 1.82) is 0 Å². The molecule has 0 atom stereocenters. The van der Waals surface area contributed by atoms with Gasteiger partial charge >= 0.3 is 0 Å². The first-order valence-corrected chi connectivity index (χ1v) is 7.22. The number of halogens is 2. The summed E-state index contributed by atoms with van der Waals surface area (Å²) < 4.78 is 15.9. The molecule has 106 valence electrons. The summed E-state index contributed by atoms with van der Waals surface area (Å²) in [5, 5.41) is 4.54. The standard InChI is InChI=1S/C16H13BrFN3/c1-10-15(11-7-12(17)9-13(18)8-11)20-21(16(10)19)14-5-3-2-4-6-14/h2-9H,19H2,1H3. The maximum absolute atomic E-state index is 13.6. The maximum Gasteiger partial charge on any atom is 0.130 e. The summed E-state index contributed by atoms with van der Waals surface area (Å²) in [6, 6.07) is 14.3. The van der Waals surface area contributed by atoms with Crippen LogP contribution in [-0.4, -0.2) is 9.78 Å². The molecule has 0 aliphatic heterocycles. The lowest BCUT2D eigenvalue weighted by atomic mass is 10.1. The predicted molar refractivity (Wildman–Crippen MR) is 85.8 cm³/mol. The quantitative estimate of drug-likeness (QED) is 0.751. The third-order valence-corrected chi connectivity index (χ3v) is 3.76. The molecule has 21 heavy (non-hydrogen) atoms. The highest BCUT2D eigenvalue weighted by molar-refractivity contribution is 9.10. The lowest BCUT2D eigenvalue weighted by Crippen LogP contribution is -2.01. The van der Waals surface area contributed by atoms with Crippen molar-refractivity contribution < 1.29 is 4.39 Å². The minimum atomic E-state index is -0.313. The van der Waals surface area contributed by atoms with Gasteiger partial charge < -0.3 is 5.73 Å². The Hall–Kier alpha value is -2.14. The van der Waals surface area contributed by atoms with Gasteiger partial charge in [0.05, 0.1) is 11.4 Å². The molecule has 0 amide bonds. The average molecular weight is 346 g/mol. The molecule has 0 saturated heterocycles. The molecule has 0 aliphatic rings. The van der Waals surface area contributed by atoms with Gasteiger partial charge in [-0.2, -0.15) is 5.10 Å². The maximum atomic E-state index is 13.6. The Morgan fingerprint density at radius 3 is 2.52 bits per heavy atom. The predicted octanol–water partition coefficient (Wildman–Crippen LogP) is 4.33. The Kier molecular flexibility index (Phi) is 3.51. The van der Waals surface area contributed by atoms with E-state index in [0.29, 0.717) is 21.5 Å². The number of rotatable bonds is 2. The fraction of sp³-hybridized carbons (Fsp3) is 0.0625. The van der Waals surface area contributed by atoms with Gasteiger partial charge in [-0.05, 0) is 37.3 Å². The third kappa shape index (κ3) is 2.56. The van der Waals surface area contributed by atoms with E-state index in [2.05, 4.69) is 21.0 Å². The Bertz CT molecular complexity index is 777. The van der Waals surface area contributed by atoms with Crippen LogP contribution >= 0.6 is 15.9 Å². The van der Waals surface area contributed by atoms with Gasteiger partial charge in [0.25, 0.3) is 0 Å². The van der Waals surface area contributed by atoms with Crippen molar-refractivity contribution >= 4 is 21.7 Å². The van der Waals surface area contributed by atoms with Gasteiger partial charge in [0.1, 0.15) is 11.6 Å². The largest absolute Gasteiger partial charge is 0.383 e. The smallest absolute Gasteiger partial charge is 0.130 e. The fourth-order valence-corrected chi connectivity index (χ4v) is 2.71. The van der Waals surface area contributed by atoms with Crippen LogP contribution in [-0.2, 0) is 0 Å². The highest BCUT2D eigenvalue weighted by Crippen LogP contribution is 2.30. The summed E-state index contributed by atoms with van der Waals surface area (Å²) in [6.45, 7) is 1.88. The molecule has 1 heterocycles. The van der Waals surface area contributed by atoms with E-state index in [1.165, 1.54) is 12.1 Å². The van der Waals surface area contributed by atoms with Crippen LogP contribution in [0.25, 0.3) is 16.9 Å². The summed E-state index contributed by atoms with van der Waals surface area (Å²) in [5.41, 5.74) is 9.22. The van der Waals surface area contributed by atoms with E-state index in [9.17, 15) is 4.39 Å². The van der Waals surface area contributed by atoms with Crippen LogP contribution in [0.3, 0.4) is 0 Å². The number of benzene rings is 2. The van der Waals surface area contributed by atoms with E-state index < -0.39 is 0 Å². The van der Waals surface area contributed by atoms with Crippen molar-refractivity contribution in [3.63, 3.8) is 0 Å². The highest BCUT2D eigenvalue weighted by Gasteiger charge is 2.15. The number of anilines is 1. The second kappa shape index (κ2) is 5.33. The first kappa shape index (κ1) is 13.8. The summed E-state index contributed by atoms with van der Waals surface area (Å²) in [4.78, 5) is 0. The van der Waals surface area contributed by atoms with E-state index in [1.807, 2.05) is 43.3 Å². The molecule has 0 radical (unpaired) electrons. The number of nitrogen functional groups attached to an aromatic ring is 1. The minimum absolute atomic E-state index is 0.313. The Morgan fingerprint density at radius 1 is 1.14 bits per heavy atom. The third-order valence-electron chi connectivity index (χ3n) is 3.30. The number of aromatic nitrogens is 2. The number of nitrogens with zero attached hydrogens (tertiary/aromatic N) is 2. The molecule has 0 saturated carbocycles. The molecule has 3 rings (SSSR count). The van der Waals surface area contributed by atoms with Crippen LogP contribution in [0.2, 0.25) is 0 Å². The van der Waals surface area contributed by atoms with Crippen molar-refractivity contribution in [2.75, 3.05) is 5.73 Å². The van der Waals surface area contributed by atoms with Gasteiger partial charge in [-0.25, -0.2) is 9.07 Å². The van der Waals surface area contributed by atoms with E-state index in [-0.39, 0.29) is 5.82 Å². The van der Waals surface area contributed by atoms with Crippen LogP contribution in [0.4, 0.5) is 10.2 Å². The molecule has 0 bridgehead atoms. The van der Waals surface area contributed by atoms with Crippen LogP contribution in [0.15, 0.2) is 53.0 Å². The van der Waals surface area contributed by atoms with Crippen molar-refractivity contribution in [3.05, 3.63) is 64.4 Å². The SMILES string of the molecule is Cc1c(-c2cc(F)cc(Br)c2)nn(-c2ccccc2)c1N. The van der Waals surface area contributed by atoms with E-state index in [0.717, 1.165) is 11.3 Å². The second-order valence-electron chi connectivity index (χ2n) is 4.76. The zero-order valence-electron chi connectivity index (χ0n) is 11.3. The molecule has 2 aromatic carbocycles. The van der Waals surface area contributed by atoms with Crippen molar-refractivity contribution in [1.82, 2.24) is 9.78 Å². The summed E-state index contributed by atoms with van der Waals surface area (Å²) in [6.07, 6.45) is 0. The molecule has 3 aromatic rings. The molecular formula is C16H13BrFN3. The molecule has 0 spiro atoms. The molecule has 0 aliphatic carbocycles. The normalized spacial score (nSPS) is 10.8. The molecule has 2 N–H and O–H groups in total. The van der Waals surface area contributed by atoms with Gasteiger partial charge in [0, 0.05) is 15.6 Å². The van der Waals surface area contributed by atoms with E-state index >= 15 is 0 Å². The van der Waals surface area contributed by atoms with Gasteiger partial charge in [-0.15, -0.1) is 0 Å². The highest BCUT2D eigenvalue weighted by atomic mass is 79.9. The number of hydrogen-bond donors (Lipinski definition) is 1. The molecule has 0 fully saturated rings. The van der Waals surface area contributed by atoms with Crippen LogP contribution in [0, 0.1) is 12.7 Å². The van der Waals surface area contributed by atoms with Crippen molar-refractivity contribution in [2.45, 2.75) is 6.92 Å². The Balaban J connectivity index is 2.17. The van der Waals surface area contributed by atoms with Crippen LogP contribution < -0.4 is 5.73 Å². The fourth-order valence-electron chi connectivity index (χ4n) is 2.24. The topological polar surface area (TPSA) is 43.8 Å². The molecule has 3 nitrogen and oxygen atoms in total. The van der Waals surface area contributed by atoms with Gasteiger partial charge in [-0.3, -0.25) is 0 Å². The summed E-state index contributed by atoms with van der Waals surface area (Å²) >= 11 is 3.30. The first-order valence-electron chi connectivity index (χ1n) is 6.43. The van der Waals surface area contributed by atoms with Crippen molar-refractivity contribution in [2.24, 2.45) is 0 Å². The summed E-state index contributed by atoms with van der Waals surface area (Å²) in [7, 11) is 0. The monoisotopic (exact) mass is 345 g/mol. The summed E-state index contributed by atoms with van der Waals surface area (Å²) in [5.74, 6) is 0.239. The van der Waals surface area contributed by atoms with Crippen LogP contribution in [0.1, 0.15) is 5.56 Å². The number of para-hydroxylation sites is 1. The van der Waals surface area contributed by atoms with Gasteiger partial charge in [0.2, 0.25) is 0 Å². The van der Waals surface area contributed by atoms with Gasteiger partial charge in [0.15, 0.2) is 0 Å². The van der Waals surface area contributed by atoms with Gasteiger partial charge in [-0.1, -0.05) is 34.1 Å². The lowest BCUT2D eigenvalue weighted by molar-refractivity contribution is 0.627. The number of nitrogens with two attached hydrogens (primary N) is 1. The minimum Gasteiger partial charge on any atom is -0.383 e. The zero-order valence-corrected chi connectivity index (χ0v) is 12.9. The molecule has 5 heteroatoms. The lowest BCUT2D eigenvalue weighted by Gasteiger charge is -2.03. The average Bonchev–Trinajstić information content (AvgIpc) is 2.75. The van der Waals surface area contributed by atoms with E-state index in [4.69, 9.17) is 5.73 Å². The van der Waals surface area contributed by atoms with Crippen LogP contribution in [0.5, 0.6) is 0 Å². The zero-order chi connectivity index (χ0) is 15.0. The Morgan fingerprint density at radius 2 is 1.86 bits per heavy atom. The second-order valence-corrected chi connectivity index (χ2v) is 5.68. The van der Waals surface area contributed by atoms with Crippen molar-refractivity contribution in [3.8, 4) is 16.9 Å². The number of hydrogen-bond acceptors (Lipinski definition) is 2. The molecule has 0 unspecified atom stereocenters. The van der Waals surface area contributed by atoms with E-state index in [1.54, 1.807) is 4.68 Å².